The van der Waals surface area contributed by atoms with E-state index in [0.717, 1.165) is 10.8 Å². The van der Waals surface area contributed by atoms with E-state index in [1.165, 1.54) is 6.20 Å². The standard InChI is InChI=1S/C12H7ClN2O2/c13-8-3-1-2-7-4-5-15-6-9(12(16)17)14-11(15)10(7)8/h1-6H,(H,16,17). The summed E-state index contributed by atoms with van der Waals surface area (Å²) in [4.78, 5) is 15.0. The molecule has 0 saturated carbocycles. The minimum Gasteiger partial charge on any atom is -0.476 e. The van der Waals surface area contributed by atoms with Crippen molar-refractivity contribution in [2.24, 2.45) is 0 Å². The lowest BCUT2D eigenvalue weighted by Gasteiger charge is -2.01. The Morgan fingerprint density at radius 3 is 2.94 bits per heavy atom. The van der Waals surface area contributed by atoms with Gasteiger partial charge in [0.05, 0.1) is 5.02 Å². The molecule has 0 unspecified atom stereocenters. The molecule has 0 radical (unpaired) electrons. The van der Waals surface area contributed by atoms with Gasteiger partial charge in [0.1, 0.15) is 5.65 Å². The minimum absolute atomic E-state index is 0.0115. The van der Waals surface area contributed by atoms with E-state index in [1.54, 1.807) is 16.7 Å². The first-order valence-corrected chi connectivity index (χ1v) is 5.34. The van der Waals surface area contributed by atoms with E-state index in [1.807, 2.05) is 18.2 Å². The van der Waals surface area contributed by atoms with Crippen molar-refractivity contribution >= 4 is 34.0 Å². The Morgan fingerprint density at radius 1 is 1.35 bits per heavy atom. The highest BCUT2D eigenvalue weighted by Gasteiger charge is 2.12. The molecule has 1 aromatic carbocycles. The van der Waals surface area contributed by atoms with E-state index in [4.69, 9.17) is 16.7 Å². The van der Waals surface area contributed by atoms with Gasteiger partial charge in [0.15, 0.2) is 5.69 Å². The number of rotatable bonds is 1. The summed E-state index contributed by atoms with van der Waals surface area (Å²) in [6.45, 7) is 0. The largest absolute Gasteiger partial charge is 0.476 e. The van der Waals surface area contributed by atoms with Crippen molar-refractivity contribution in [2.75, 3.05) is 0 Å². The van der Waals surface area contributed by atoms with Gasteiger partial charge in [0, 0.05) is 17.8 Å². The molecule has 3 rings (SSSR count). The average Bonchev–Trinajstić information content (AvgIpc) is 2.73. The molecule has 0 aliphatic rings. The molecule has 0 amide bonds. The van der Waals surface area contributed by atoms with Crippen LogP contribution in [0.1, 0.15) is 10.5 Å². The van der Waals surface area contributed by atoms with Gasteiger partial charge in [-0.2, -0.15) is 0 Å². The molecule has 1 N–H and O–H groups in total. The summed E-state index contributed by atoms with van der Waals surface area (Å²) in [5, 5.41) is 11.2. The van der Waals surface area contributed by atoms with Crippen LogP contribution in [0.25, 0.3) is 16.4 Å². The minimum atomic E-state index is -1.05. The maximum Gasteiger partial charge on any atom is 0.356 e. The van der Waals surface area contributed by atoms with E-state index >= 15 is 0 Å². The highest BCUT2D eigenvalue weighted by molar-refractivity contribution is 6.36. The number of aromatic carboxylic acids is 1. The van der Waals surface area contributed by atoms with E-state index in [-0.39, 0.29) is 5.69 Å². The van der Waals surface area contributed by atoms with Crippen LogP contribution in [0.5, 0.6) is 0 Å². The van der Waals surface area contributed by atoms with Crippen LogP contribution in [0.2, 0.25) is 5.02 Å². The van der Waals surface area contributed by atoms with Crippen LogP contribution in [0, 0.1) is 0 Å². The first-order valence-electron chi connectivity index (χ1n) is 4.96. The maximum atomic E-state index is 10.9. The number of carboxylic acid groups (broad SMARTS) is 1. The number of carbonyl (C=O) groups is 1. The monoisotopic (exact) mass is 246 g/mol. The summed E-state index contributed by atoms with van der Waals surface area (Å²) >= 11 is 6.12. The van der Waals surface area contributed by atoms with E-state index < -0.39 is 5.97 Å². The fraction of sp³-hybridized carbons (Fsp3) is 0. The van der Waals surface area contributed by atoms with Crippen molar-refractivity contribution in [1.82, 2.24) is 9.38 Å². The number of pyridine rings is 1. The first kappa shape index (κ1) is 10.1. The van der Waals surface area contributed by atoms with Crippen molar-refractivity contribution in [2.45, 2.75) is 0 Å². The number of imidazole rings is 1. The van der Waals surface area contributed by atoms with Gasteiger partial charge in [0.25, 0.3) is 0 Å². The zero-order valence-corrected chi connectivity index (χ0v) is 9.35. The lowest BCUT2D eigenvalue weighted by atomic mass is 10.2. The van der Waals surface area contributed by atoms with E-state index in [0.29, 0.717) is 10.7 Å². The molecule has 2 aromatic heterocycles. The van der Waals surface area contributed by atoms with Gasteiger partial charge < -0.3 is 9.51 Å². The number of fused-ring (bicyclic) bond motifs is 3. The Hall–Kier alpha value is -2.07. The summed E-state index contributed by atoms with van der Waals surface area (Å²) in [6, 6.07) is 7.40. The summed E-state index contributed by atoms with van der Waals surface area (Å²) in [5.41, 5.74) is 0.572. The van der Waals surface area contributed by atoms with Gasteiger partial charge >= 0.3 is 5.97 Å². The van der Waals surface area contributed by atoms with E-state index in [2.05, 4.69) is 4.98 Å². The second-order valence-corrected chi connectivity index (χ2v) is 4.09. The molecular formula is C12H7ClN2O2. The Morgan fingerprint density at radius 2 is 2.18 bits per heavy atom. The predicted molar refractivity (Wildman–Crippen MR) is 64.7 cm³/mol. The van der Waals surface area contributed by atoms with Crippen LogP contribution >= 0.6 is 11.6 Å². The van der Waals surface area contributed by atoms with Crippen LogP contribution in [-0.2, 0) is 0 Å². The lowest BCUT2D eigenvalue weighted by Crippen LogP contribution is -1.94. The molecule has 4 nitrogen and oxygen atoms in total. The van der Waals surface area contributed by atoms with Crippen LogP contribution in [0.4, 0.5) is 0 Å². The zero-order valence-electron chi connectivity index (χ0n) is 8.59. The van der Waals surface area contributed by atoms with Crippen molar-refractivity contribution in [3.8, 4) is 0 Å². The number of carboxylic acids is 1. The SMILES string of the molecule is O=C(O)c1cn2ccc3cccc(Cl)c3c2n1. The van der Waals surface area contributed by atoms with Gasteiger partial charge in [-0.05, 0) is 17.5 Å². The topological polar surface area (TPSA) is 54.6 Å². The van der Waals surface area contributed by atoms with Crippen LogP contribution in [0.15, 0.2) is 36.7 Å². The molecule has 0 spiro atoms. The molecule has 84 valence electrons. The Balaban J connectivity index is 2.50. The number of halogens is 1. The molecule has 0 bridgehead atoms. The molecular weight excluding hydrogens is 240 g/mol. The molecule has 5 heteroatoms. The predicted octanol–water partition coefficient (Wildman–Crippen LogP) is 2.84. The maximum absolute atomic E-state index is 10.9. The quantitative estimate of drug-likeness (QED) is 0.718. The van der Waals surface area contributed by atoms with Gasteiger partial charge in [-0.3, -0.25) is 0 Å². The van der Waals surface area contributed by atoms with Crippen molar-refractivity contribution in [3.63, 3.8) is 0 Å². The average molecular weight is 247 g/mol. The third-order valence-electron chi connectivity index (χ3n) is 2.64. The van der Waals surface area contributed by atoms with Gasteiger partial charge in [-0.1, -0.05) is 23.7 Å². The van der Waals surface area contributed by atoms with Crippen molar-refractivity contribution in [1.29, 1.82) is 0 Å². The number of benzene rings is 1. The second-order valence-electron chi connectivity index (χ2n) is 3.68. The molecule has 2 heterocycles. The molecule has 0 fully saturated rings. The molecule has 0 aliphatic carbocycles. The molecule has 0 atom stereocenters. The zero-order chi connectivity index (χ0) is 12.0. The Labute approximate surface area is 101 Å². The number of aromatic nitrogens is 2. The van der Waals surface area contributed by atoms with E-state index in [9.17, 15) is 4.79 Å². The van der Waals surface area contributed by atoms with Crippen LogP contribution in [0.3, 0.4) is 0 Å². The summed E-state index contributed by atoms with van der Waals surface area (Å²) < 4.78 is 1.66. The second kappa shape index (κ2) is 3.46. The third kappa shape index (κ3) is 1.45. The molecule has 17 heavy (non-hydrogen) atoms. The lowest BCUT2D eigenvalue weighted by molar-refractivity contribution is 0.0691. The van der Waals surface area contributed by atoms with Crippen molar-refractivity contribution < 1.29 is 9.90 Å². The highest BCUT2D eigenvalue weighted by Crippen LogP contribution is 2.27. The van der Waals surface area contributed by atoms with Gasteiger partial charge in [-0.15, -0.1) is 0 Å². The smallest absolute Gasteiger partial charge is 0.356 e. The highest BCUT2D eigenvalue weighted by atomic mass is 35.5. The van der Waals surface area contributed by atoms with Gasteiger partial charge in [-0.25, -0.2) is 9.78 Å². The fourth-order valence-electron chi connectivity index (χ4n) is 1.87. The fourth-order valence-corrected chi connectivity index (χ4v) is 2.14. The Kier molecular flexibility index (Phi) is 2.06. The van der Waals surface area contributed by atoms with Gasteiger partial charge in [0.2, 0.25) is 0 Å². The third-order valence-corrected chi connectivity index (χ3v) is 2.95. The summed E-state index contributed by atoms with van der Waals surface area (Å²) in [5.74, 6) is -1.05. The Bertz CT molecular complexity index is 749. The number of hydrogen-bond donors (Lipinski definition) is 1. The summed E-state index contributed by atoms with van der Waals surface area (Å²) in [7, 11) is 0. The number of nitrogens with zero attached hydrogens (tertiary/aromatic N) is 2. The first-order chi connectivity index (χ1) is 8.16. The van der Waals surface area contributed by atoms with Crippen molar-refractivity contribution in [3.05, 3.63) is 47.4 Å². The van der Waals surface area contributed by atoms with Crippen LogP contribution in [-0.4, -0.2) is 20.5 Å². The molecule has 3 aromatic rings. The molecule has 0 saturated heterocycles. The normalized spacial score (nSPS) is 11.1. The number of hydrogen-bond acceptors (Lipinski definition) is 2. The summed E-state index contributed by atoms with van der Waals surface area (Å²) in [6.07, 6.45) is 3.24. The molecule has 0 aliphatic heterocycles. The van der Waals surface area contributed by atoms with Crippen LogP contribution < -0.4 is 0 Å².